The number of nitrogens with one attached hydrogen (secondary N) is 2. The topological polar surface area (TPSA) is 41.1 Å². The molecule has 0 saturated heterocycles. The van der Waals surface area contributed by atoms with Crippen LogP contribution in [-0.4, -0.2) is 11.0 Å². The Morgan fingerprint density at radius 1 is 1.32 bits per heavy atom. The van der Waals surface area contributed by atoms with Gasteiger partial charge in [-0.15, -0.1) is 0 Å². The maximum absolute atomic E-state index is 12.1. The summed E-state index contributed by atoms with van der Waals surface area (Å²) >= 11 is 8.59. The lowest BCUT2D eigenvalue weighted by molar-refractivity contribution is -0.125. The summed E-state index contributed by atoms with van der Waals surface area (Å²) in [6, 6.07) is 7.66. The minimum Gasteiger partial charge on any atom is -0.332 e. The summed E-state index contributed by atoms with van der Waals surface area (Å²) < 4.78 is 1.01. The van der Waals surface area contributed by atoms with Crippen molar-refractivity contribution in [2.24, 2.45) is 17.3 Å². The first kappa shape index (κ1) is 17.4. The number of hydrogen-bond donors (Lipinski definition) is 2. The van der Waals surface area contributed by atoms with Crippen molar-refractivity contribution < 1.29 is 4.79 Å². The Bertz CT molecular complexity index is 556. The van der Waals surface area contributed by atoms with Crippen LogP contribution in [0.2, 0.25) is 0 Å². The van der Waals surface area contributed by atoms with Crippen LogP contribution in [0.25, 0.3) is 0 Å². The normalized spacial score (nSPS) is 22.5. The lowest BCUT2D eigenvalue weighted by Gasteiger charge is -2.52. The van der Waals surface area contributed by atoms with Gasteiger partial charge in [0.25, 0.3) is 0 Å². The highest BCUT2D eigenvalue weighted by Gasteiger charge is 2.47. The van der Waals surface area contributed by atoms with E-state index in [1.165, 1.54) is 6.42 Å². The molecule has 0 aromatic heterocycles. The molecule has 120 valence electrons. The molecule has 5 heteroatoms. The molecule has 1 aromatic carbocycles. The van der Waals surface area contributed by atoms with Crippen LogP contribution in [0.15, 0.2) is 28.7 Å². The van der Waals surface area contributed by atoms with Crippen LogP contribution in [0.3, 0.4) is 0 Å². The Labute approximate surface area is 146 Å². The zero-order valence-electron chi connectivity index (χ0n) is 13.3. The fourth-order valence-corrected chi connectivity index (χ4v) is 3.76. The summed E-state index contributed by atoms with van der Waals surface area (Å²) in [7, 11) is 0. The van der Waals surface area contributed by atoms with E-state index in [-0.39, 0.29) is 11.3 Å². The van der Waals surface area contributed by atoms with E-state index in [0.717, 1.165) is 22.5 Å². The van der Waals surface area contributed by atoms with E-state index in [0.29, 0.717) is 17.5 Å². The van der Waals surface area contributed by atoms with E-state index in [9.17, 15) is 4.79 Å². The molecule has 22 heavy (non-hydrogen) atoms. The molecule has 1 amide bonds. The average Bonchev–Trinajstić information content (AvgIpc) is 2.45. The van der Waals surface area contributed by atoms with Crippen LogP contribution in [0.1, 0.15) is 40.0 Å². The Hall–Kier alpha value is -0.940. The van der Waals surface area contributed by atoms with Crippen LogP contribution in [-0.2, 0) is 4.79 Å². The van der Waals surface area contributed by atoms with Crippen LogP contribution in [0.5, 0.6) is 0 Å². The minimum atomic E-state index is 0.00207. The van der Waals surface area contributed by atoms with Gasteiger partial charge in [0.15, 0.2) is 5.11 Å². The van der Waals surface area contributed by atoms with Crippen molar-refractivity contribution in [2.45, 2.75) is 40.0 Å². The van der Waals surface area contributed by atoms with E-state index >= 15 is 0 Å². The van der Waals surface area contributed by atoms with Gasteiger partial charge in [-0.3, -0.25) is 4.79 Å². The molecule has 2 N–H and O–H groups in total. The van der Waals surface area contributed by atoms with Gasteiger partial charge in [0.1, 0.15) is 0 Å². The number of thiocarbonyl (C=S) groups is 1. The quantitative estimate of drug-likeness (QED) is 0.739. The van der Waals surface area contributed by atoms with E-state index < -0.39 is 0 Å². The van der Waals surface area contributed by atoms with Crippen molar-refractivity contribution in [3.8, 4) is 0 Å². The van der Waals surface area contributed by atoms with E-state index in [1.807, 2.05) is 24.3 Å². The highest BCUT2D eigenvalue weighted by Crippen LogP contribution is 2.54. The van der Waals surface area contributed by atoms with E-state index in [2.05, 4.69) is 47.3 Å². The molecule has 1 aliphatic rings. The zero-order valence-corrected chi connectivity index (χ0v) is 15.7. The highest BCUT2D eigenvalue weighted by atomic mass is 79.9. The summed E-state index contributed by atoms with van der Waals surface area (Å²) in [5, 5.41) is 6.17. The van der Waals surface area contributed by atoms with Crippen LogP contribution in [0, 0.1) is 17.3 Å². The number of rotatable bonds is 4. The fraction of sp³-hybridized carbons (Fsp3) is 0.529. The van der Waals surface area contributed by atoms with Gasteiger partial charge < -0.3 is 10.6 Å². The molecular formula is C17H23BrN2OS. The molecule has 1 fully saturated rings. The molecule has 1 aliphatic carbocycles. The van der Waals surface area contributed by atoms with Gasteiger partial charge in [0.05, 0.1) is 0 Å². The molecule has 0 spiro atoms. The van der Waals surface area contributed by atoms with Crippen molar-refractivity contribution in [3.05, 3.63) is 28.7 Å². The lowest BCUT2D eigenvalue weighted by atomic mass is 9.53. The average molecular weight is 383 g/mol. The number of carbonyl (C=O) groups excluding carboxylic acids is 1. The van der Waals surface area contributed by atoms with Gasteiger partial charge in [0, 0.05) is 16.6 Å². The zero-order chi connectivity index (χ0) is 16.3. The molecule has 2 atom stereocenters. The van der Waals surface area contributed by atoms with Crippen LogP contribution < -0.4 is 10.6 Å². The maximum Gasteiger partial charge on any atom is 0.226 e. The van der Waals surface area contributed by atoms with E-state index in [4.69, 9.17) is 12.2 Å². The Balaban J connectivity index is 1.80. The summed E-state index contributed by atoms with van der Waals surface area (Å²) in [6.45, 7) is 6.75. The standard InChI is InChI=1S/C17H23BrN2OS/c1-4-11-9-12(17(11,2)3)10-15(21)20-16(22)19-14-7-5-13(18)6-8-14/h5-8,11-12H,4,9-10H2,1-3H3,(H2,19,20,21,22)/t11-,12-/m1/s1. The molecule has 0 bridgehead atoms. The second-order valence-electron chi connectivity index (χ2n) is 6.57. The monoisotopic (exact) mass is 382 g/mol. The Morgan fingerprint density at radius 3 is 2.50 bits per heavy atom. The summed E-state index contributed by atoms with van der Waals surface area (Å²) in [5.74, 6) is 1.19. The van der Waals surface area contributed by atoms with Crippen molar-refractivity contribution in [1.82, 2.24) is 5.32 Å². The second kappa shape index (κ2) is 7.09. The van der Waals surface area contributed by atoms with Gasteiger partial charge in [-0.2, -0.15) is 0 Å². The Morgan fingerprint density at radius 2 is 1.95 bits per heavy atom. The van der Waals surface area contributed by atoms with Crippen molar-refractivity contribution in [3.63, 3.8) is 0 Å². The molecular weight excluding hydrogens is 360 g/mol. The SMILES string of the molecule is CC[C@@H]1C[C@H](CC(=O)NC(=S)Nc2ccc(Br)cc2)C1(C)C. The van der Waals surface area contributed by atoms with Crippen molar-refractivity contribution >= 4 is 44.9 Å². The summed E-state index contributed by atoms with van der Waals surface area (Å²) in [4.78, 5) is 12.1. The van der Waals surface area contributed by atoms with Crippen LogP contribution in [0.4, 0.5) is 5.69 Å². The number of amides is 1. The number of hydrogen-bond acceptors (Lipinski definition) is 2. The first-order chi connectivity index (χ1) is 10.3. The number of carbonyl (C=O) groups is 1. The molecule has 1 saturated carbocycles. The highest BCUT2D eigenvalue weighted by molar-refractivity contribution is 9.10. The number of benzene rings is 1. The minimum absolute atomic E-state index is 0.00207. The molecule has 0 unspecified atom stereocenters. The molecule has 0 heterocycles. The van der Waals surface area contributed by atoms with Crippen molar-refractivity contribution in [2.75, 3.05) is 5.32 Å². The van der Waals surface area contributed by atoms with Crippen molar-refractivity contribution in [1.29, 1.82) is 0 Å². The largest absolute Gasteiger partial charge is 0.332 e. The predicted molar refractivity (Wildman–Crippen MR) is 98.8 cm³/mol. The maximum atomic E-state index is 12.1. The number of halogens is 1. The molecule has 1 aromatic rings. The third kappa shape index (κ3) is 4.07. The van der Waals surface area contributed by atoms with Gasteiger partial charge in [-0.1, -0.05) is 43.1 Å². The summed E-state index contributed by atoms with van der Waals surface area (Å²) in [5.41, 5.74) is 1.12. The summed E-state index contributed by atoms with van der Waals surface area (Å²) in [6.07, 6.45) is 2.88. The fourth-order valence-electron chi connectivity index (χ4n) is 3.26. The first-order valence-electron chi connectivity index (χ1n) is 7.69. The van der Waals surface area contributed by atoms with Gasteiger partial charge in [-0.05, 0) is 60.2 Å². The predicted octanol–water partition coefficient (Wildman–Crippen LogP) is 4.72. The third-order valence-corrected chi connectivity index (χ3v) is 5.69. The van der Waals surface area contributed by atoms with Gasteiger partial charge >= 0.3 is 0 Å². The molecule has 0 radical (unpaired) electrons. The van der Waals surface area contributed by atoms with Gasteiger partial charge in [-0.25, -0.2) is 0 Å². The molecule has 0 aliphatic heterocycles. The van der Waals surface area contributed by atoms with E-state index in [1.54, 1.807) is 0 Å². The third-order valence-electron chi connectivity index (χ3n) is 4.95. The van der Waals surface area contributed by atoms with Gasteiger partial charge in [0.2, 0.25) is 5.91 Å². The smallest absolute Gasteiger partial charge is 0.226 e. The molecule has 3 nitrogen and oxygen atoms in total. The Kier molecular flexibility index (Phi) is 5.61. The first-order valence-corrected chi connectivity index (χ1v) is 8.89. The lowest BCUT2D eigenvalue weighted by Crippen LogP contribution is -2.47. The molecule has 2 rings (SSSR count). The van der Waals surface area contributed by atoms with Crippen LogP contribution >= 0.6 is 28.1 Å². The second-order valence-corrected chi connectivity index (χ2v) is 7.90. The number of anilines is 1.